The maximum Gasteiger partial charge on any atom is 0.354 e. The van der Waals surface area contributed by atoms with Crippen molar-refractivity contribution in [2.24, 2.45) is 0 Å². The van der Waals surface area contributed by atoms with Crippen LogP contribution in [0.15, 0.2) is 40.9 Å². The number of fused-ring (bicyclic) bond motifs is 2. The van der Waals surface area contributed by atoms with Gasteiger partial charge in [-0.3, -0.25) is 0 Å². The maximum atomic E-state index is 11.5. The molecule has 6 rings (SSSR count). The van der Waals surface area contributed by atoms with Gasteiger partial charge in [-0.1, -0.05) is 29.4 Å². The number of carboxylic acid groups (broad SMARTS) is 1. The summed E-state index contributed by atoms with van der Waals surface area (Å²) < 4.78 is 12.4. The Hall–Kier alpha value is -3.19. The molecule has 35 heavy (non-hydrogen) atoms. The molecule has 182 valence electrons. The first-order chi connectivity index (χ1) is 17.0. The Balaban J connectivity index is 1.20. The fraction of sp³-hybridized carbons (Fsp3) is 0.464. The summed E-state index contributed by atoms with van der Waals surface area (Å²) >= 11 is 0. The number of ether oxygens (including phenoxy) is 1. The molecule has 3 aromatic rings. The van der Waals surface area contributed by atoms with Gasteiger partial charge in [-0.25, -0.2) is 9.78 Å². The molecule has 7 nitrogen and oxygen atoms in total. The third-order valence-electron chi connectivity index (χ3n) is 7.76. The van der Waals surface area contributed by atoms with Crippen molar-refractivity contribution in [2.75, 3.05) is 4.90 Å². The van der Waals surface area contributed by atoms with Crippen LogP contribution < -0.4 is 4.90 Å². The Morgan fingerprint density at radius 3 is 2.54 bits per heavy atom. The van der Waals surface area contributed by atoms with E-state index in [1.54, 1.807) is 6.07 Å². The highest BCUT2D eigenvalue weighted by Crippen LogP contribution is 2.45. The van der Waals surface area contributed by atoms with Crippen molar-refractivity contribution in [3.05, 3.63) is 64.5 Å². The minimum Gasteiger partial charge on any atom is -0.477 e. The number of hydrogen-bond donors (Lipinski definition) is 1. The van der Waals surface area contributed by atoms with Gasteiger partial charge in [0.25, 0.3) is 0 Å². The molecule has 2 saturated heterocycles. The van der Waals surface area contributed by atoms with Crippen LogP contribution in [0.1, 0.15) is 77.4 Å². The van der Waals surface area contributed by atoms with Crippen LogP contribution in [0.4, 0.5) is 5.82 Å². The van der Waals surface area contributed by atoms with Crippen molar-refractivity contribution in [2.45, 2.75) is 83.1 Å². The predicted octanol–water partition coefficient (Wildman–Crippen LogP) is 5.65. The normalized spacial score (nSPS) is 23.6. The SMILES string of the molecule is Cc1cc(C(=O)O)nc(N2C3CC[C@H]2CC(OCc2c(-c4ccccc4C)noc2C2CC2)C3)c1. The Kier molecular flexibility index (Phi) is 5.60. The largest absolute Gasteiger partial charge is 0.477 e. The smallest absolute Gasteiger partial charge is 0.354 e. The highest BCUT2D eigenvalue weighted by Gasteiger charge is 2.42. The molecule has 1 aromatic carbocycles. The summed E-state index contributed by atoms with van der Waals surface area (Å²) in [5.41, 5.74) is 5.34. The maximum absolute atomic E-state index is 11.5. The van der Waals surface area contributed by atoms with E-state index in [2.05, 4.69) is 34.1 Å². The quantitative estimate of drug-likeness (QED) is 0.475. The van der Waals surface area contributed by atoms with Crippen molar-refractivity contribution in [1.82, 2.24) is 10.1 Å². The summed E-state index contributed by atoms with van der Waals surface area (Å²) in [6.07, 6.45) is 6.45. The van der Waals surface area contributed by atoms with Gasteiger partial charge in [0.05, 0.1) is 12.7 Å². The number of aryl methyl sites for hydroxylation is 2. The van der Waals surface area contributed by atoms with Gasteiger partial charge in [0, 0.05) is 29.1 Å². The molecule has 7 heteroatoms. The number of aromatic carboxylic acids is 1. The van der Waals surface area contributed by atoms with Gasteiger partial charge in [-0.05, 0) is 75.6 Å². The van der Waals surface area contributed by atoms with Crippen molar-refractivity contribution < 1.29 is 19.2 Å². The summed E-state index contributed by atoms with van der Waals surface area (Å²) in [4.78, 5) is 18.3. The molecule has 2 unspecified atom stereocenters. The van der Waals surface area contributed by atoms with E-state index in [0.29, 0.717) is 24.6 Å². The number of rotatable bonds is 7. The molecule has 1 aliphatic carbocycles. The Labute approximate surface area is 205 Å². The molecule has 0 amide bonds. The minimum atomic E-state index is -0.981. The van der Waals surface area contributed by atoms with Gasteiger partial charge in [-0.2, -0.15) is 0 Å². The van der Waals surface area contributed by atoms with E-state index < -0.39 is 5.97 Å². The molecule has 3 fully saturated rings. The van der Waals surface area contributed by atoms with Crippen molar-refractivity contribution in [1.29, 1.82) is 0 Å². The number of benzene rings is 1. The third kappa shape index (κ3) is 4.22. The van der Waals surface area contributed by atoms with E-state index in [1.165, 1.54) is 5.56 Å². The van der Waals surface area contributed by atoms with Crippen LogP contribution in [0.5, 0.6) is 0 Å². The van der Waals surface area contributed by atoms with E-state index in [4.69, 9.17) is 9.26 Å². The lowest BCUT2D eigenvalue weighted by atomic mass is 9.98. The van der Waals surface area contributed by atoms with E-state index in [9.17, 15) is 9.90 Å². The number of carboxylic acids is 1. The zero-order valence-electron chi connectivity index (χ0n) is 20.2. The summed E-state index contributed by atoms with van der Waals surface area (Å²) in [7, 11) is 0. The molecule has 1 N–H and O–H groups in total. The number of aromatic nitrogens is 2. The number of carbonyl (C=O) groups is 1. The fourth-order valence-corrected chi connectivity index (χ4v) is 5.91. The van der Waals surface area contributed by atoms with Crippen LogP contribution in [0.3, 0.4) is 0 Å². The standard InChI is InChI=1S/C28H31N3O4/c1-16-11-24(28(32)33)29-25(12-16)31-19-9-10-20(31)14-21(13-19)34-15-23-26(22-6-4-3-5-17(22)2)30-35-27(23)18-7-8-18/h3-6,11-12,18-21H,7-10,13-15H2,1-2H3,(H,32,33)/t19-,20?,21?/m0/s1. The topological polar surface area (TPSA) is 88.7 Å². The van der Waals surface area contributed by atoms with E-state index in [-0.39, 0.29) is 11.8 Å². The highest BCUT2D eigenvalue weighted by atomic mass is 16.5. The molecule has 2 aliphatic heterocycles. The highest BCUT2D eigenvalue weighted by molar-refractivity contribution is 5.86. The second-order valence-electron chi connectivity index (χ2n) is 10.4. The predicted molar refractivity (Wildman–Crippen MR) is 132 cm³/mol. The monoisotopic (exact) mass is 473 g/mol. The van der Waals surface area contributed by atoms with E-state index >= 15 is 0 Å². The van der Waals surface area contributed by atoms with E-state index in [1.807, 2.05) is 25.1 Å². The molecular weight excluding hydrogens is 442 g/mol. The van der Waals surface area contributed by atoms with Gasteiger partial charge in [0.1, 0.15) is 17.3 Å². The average Bonchev–Trinajstić information content (AvgIpc) is 3.54. The molecule has 1 saturated carbocycles. The summed E-state index contributed by atoms with van der Waals surface area (Å²) in [6.45, 7) is 4.54. The van der Waals surface area contributed by atoms with Gasteiger partial charge >= 0.3 is 5.97 Å². The van der Waals surface area contributed by atoms with Crippen molar-refractivity contribution in [3.63, 3.8) is 0 Å². The van der Waals surface area contributed by atoms with Crippen LogP contribution in [0, 0.1) is 13.8 Å². The molecule has 4 heterocycles. The zero-order chi connectivity index (χ0) is 24.1. The summed E-state index contributed by atoms with van der Waals surface area (Å²) in [6, 6.07) is 12.6. The van der Waals surface area contributed by atoms with Crippen LogP contribution in [-0.4, -0.2) is 39.4 Å². The van der Waals surface area contributed by atoms with Crippen LogP contribution in [0.2, 0.25) is 0 Å². The second kappa shape index (κ2) is 8.79. The van der Waals surface area contributed by atoms with Gasteiger partial charge < -0.3 is 19.3 Å². The molecule has 2 aromatic heterocycles. The van der Waals surface area contributed by atoms with Crippen LogP contribution in [0.25, 0.3) is 11.3 Å². The molecule has 3 atom stereocenters. The lowest BCUT2D eigenvalue weighted by Gasteiger charge is -2.39. The van der Waals surface area contributed by atoms with Crippen LogP contribution >= 0.6 is 0 Å². The zero-order valence-corrected chi connectivity index (χ0v) is 20.2. The first-order valence-electron chi connectivity index (χ1n) is 12.6. The number of pyridine rings is 1. The second-order valence-corrected chi connectivity index (χ2v) is 10.4. The van der Waals surface area contributed by atoms with Gasteiger partial charge in [0.15, 0.2) is 5.69 Å². The van der Waals surface area contributed by atoms with Gasteiger partial charge in [0.2, 0.25) is 0 Å². The van der Waals surface area contributed by atoms with Crippen molar-refractivity contribution in [3.8, 4) is 11.3 Å². The van der Waals surface area contributed by atoms with Gasteiger partial charge in [-0.15, -0.1) is 0 Å². The molecule has 3 aliphatic rings. The lowest BCUT2D eigenvalue weighted by molar-refractivity contribution is 0.0145. The number of nitrogens with zero attached hydrogens (tertiary/aromatic N) is 3. The lowest BCUT2D eigenvalue weighted by Crippen LogP contribution is -2.46. The first kappa shape index (κ1) is 22.3. The Morgan fingerprint density at radius 2 is 1.86 bits per heavy atom. The molecule has 0 spiro atoms. The first-order valence-corrected chi connectivity index (χ1v) is 12.6. The van der Waals surface area contributed by atoms with E-state index in [0.717, 1.165) is 72.5 Å². The van der Waals surface area contributed by atoms with Crippen molar-refractivity contribution >= 4 is 11.8 Å². The number of piperidine rings is 1. The molecule has 0 radical (unpaired) electrons. The summed E-state index contributed by atoms with van der Waals surface area (Å²) in [5, 5.41) is 13.9. The van der Waals surface area contributed by atoms with Crippen LogP contribution in [-0.2, 0) is 11.3 Å². The Bertz CT molecular complexity index is 1250. The number of hydrogen-bond acceptors (Lipinski definition) is 6. The summed E-state index contributed by atoms with van der Waals surface area (Å²) in [5.74, 6) is 1.26. The Morgan fingerprint density at radius 1 is 1.11 bits per heavy atom. The molecule has 2 bridgehead atoms. The minimum absolute atomic E-state index is 0.113. The number of anilines is 1. The average molecular weight is 474 g/mol. The fourth-order valence-electron chi connectivity index (χ4n) is 5.91. The molecular formula is C28H31N3O4. The third-order valence-corrected chi connectivity index (χ3v) is 7.76.